The molecule has 0 bridgehead atoms. The monoisotopic (exact) mass is 272 g/mol. The highest BCUT2D eigenvalue weighted by Gasteiger charge is 2.38. The molecule has 1 aliphatic heterocycles. The van der Waals surface area contributed by atoms with E-state index in [1.165, 1.54) is 0 Å². The van der Waals surface area contributed by atoms with Gasteiger partial charge < -0.3 is 20.5 Å². The van der Waals surface area contributed by atoms with E-state index in [4.69, 9.17) is 9.84 Å². The van der Waals surface area contributed by atoms with Crippen LogP contribution in [0.15, 0.2) is 0 Å². The number of hydrogen-bond acceptors (Lipinski definition) is 3. The molecule has 1 fully saturated rings. The Morgan fingerprint density at radius 2 is 2.21 bits per heavy atom. The van der Waals surface area contributed by atoms with E-state index in [0.717, 1.165) is 12.8 Å². The first-order chi connectivity index (χ1) is 8.89. The number of ether oxygens (including phenoxy) is 1. The number of carboxylic acid groups (broad SMARTS) is 1. The van der Waals surface area contributed by atoms with Crippen molar-refractivity contribution in [2.45, 2.75) is 51.7 Å². The number of carbonyl (C=O) groups is 2. The van der Waals surface area contributed by atoms with Crippen LogP contribution in [-0.4, -0.2) is 41.9 Å². The van der Waals surface area contributed by atoms with Crippen molar-refractivity contribution >= 4 is 12.0 Å². The van der Waals surface area contributed by atoms with Gasteiger partial charge in [0, 0.05) is 13.2 Å². The third kappa shape index (κ3) is 4.38. The summed E-state index contributed by atoms with van der Waals surface area (Å²) in [4.78, 5) is 22.8. The standard InChI is InChI=1S/C13H24N2O4/c1-4-5-10(11(16)17)8-14-12(18)15-13(3)6-7-19-9(13)2/h9-10H,4-8H2,1-3H3,(H,16,17)(H2,14,15,18). The predicted octanol–water partition coefficient (Wildman–Crippen LogP) is 1.35. The Balaban J connectivity index is 2.40. The molecule has 19 heavy (non-hydrogen) atoms. The van der Waals surface area contributed by atoms with Gasteiger partial charge in [-0.3, -0.25) is 4.79 Å². The number of rotatable bonds is 6. The Morgan fingerprint density at radius 1 is 1.53 bits per heavy atom. The summed E-state index contributed by atoms with van der Waals surface area (Å²) >= 11 is 0. The van der Waals surface area contributed by atoms with E-state index in [-0.39, 0.29) is 24.2 Å². The topological polar surface area (TPSA) is 87.7 Å². The average Bonchev–Trinajstić information content (AvgIpc) is 2.64. The Kier molecular flexibility index (Phi) is 5.60. The van der Waals surface area contributed by atoms with Gasteiger partial charge in [-0.25, -0.2) is 4.79 Å². The summed E-state index contributed by atoms with van der Waals surface area (Å²) in [5.41, 5.74) is -0.381. The van der Waals surface area contributed by atoms with Gasteiger partial charge in [-0.2, -0.15) is 0 Å². The number of aliphatic carboxylic acids is 1. The molecule has 1 rings (SSSR count). The number of hydrogen-bond donors (Lipinski definition) is 3. The Labute approximate surface area is 113 Å². The first kappa shape index (κ1) is 15.8. The van der Waals surface area contributed by atoms with Crippen LogP contribution < -0.4 is 10.6 Å². The van der Waals surface area contributed by atoms with Crippen molar-refractivity contribution in [2.75, 3.05) is 13.2 Å². The van der Waals surface area contributed by atoms with E-state index in [0.29, 0.717) is 13.0 Å². The van der Waals surface area contributed by atoms with Crippen LogP contribution >= 0.6 is 0 Å². The van der Waals surface area contributed by atoms with Crippen LogP contribution in [-0.2, 0) is 9.53 Å². The van der Waals surface area contributed by atoms with Gasteiger partial charge in [0.2, 0.25) is 0 Å². The van der Waals surface area contributed by atoms with Crippen molar-refractivity contribution in [3.8, 4) is 0 Å². The number of urea groups is 1. The molecule has 0 aromatic heterocycles. The van der Waals surface area contributed by atoms with Crippen molar-refractivity contribution in [3.63, 3.8) is 0 Å². The predicted molar refractivity (Wildman–Crippen MR) is 71.0 cm³/mol. The Morgan fingerprint density at radius 3 is 2.68 bits per heavy atom. The van der Waals surface area contributed by atoms with E-state index in [2.05, 4.69) is 10.6 Å². The van der Waals surface area contributed by atoms with Crippen molar-refractivity contribution < 1.29 is 19.4 Å². The fraction of sp³-hybridized carbons (Fsp3) is 0.846. The lowest BCUT2D eigenvalue weighted by atomic mass is 9.95. The van der Waals surface area contributed by atoms with Crippen LogP contribution in [0.4, 0.5) is 4.79 Å². The molecule has 110 valence electrons. The second-order valence-corrected chi connectivity index (χ2v) is 5.34. The van der Waals surface area contributed by atoms with Crippen LogP contribution in [0.25, 0.3) is 0 Å². The third-order valence-corrected chi connectivity index (χ3v) is 3.78. The third-order valence-electron chi connectivity index (χ3n) is 3.78. The van der Waals surface area contributed by atoms with Gasteiger partial charge in [0.25, 0.3) is 0 Å². The first-order valence-electron chi connectivity index (χ1n) is 6.79. The molecule has 0 aliphatic carbocycles. The van der Waals surface area contributed by atoms with Crippen molar-refractivity contribution in [2.24, 2.45) is 5.92 Å². The van der Waals surface area contributed by atoms with Crippen molar-refractivity contribution in [1.29, 1.82) is 0 Å². The molecule has 0 aromatic rings. The highest BCUT2D eigenvalue weighted by molar-refractivity contribution is 5.76. The number of carbonyl (C=O) groups excluding carboxylic acids is 1. The van der Waals surface area contributed by atoms with Gasteiger partial charge in [0.1, 0.15) is 0 Å². The summed E-state index contributed by atoms with van der Waals surface area (Å²) in [7, 11) is 0. The Bertz CT molecular complexity index is 335. The fourth-order valence-electron chi connectivity index (χ4n) is 2.18. The molecule has 3 N–H and O–H groups in total. The highest BCUT2D eigenvalue weighted by atomic mass is 16.5. The number of nitrogens with one attached hydrogen (secondary N) is 2. The molecule has 1 saturated heterocycles. The minimum atomic E-state index is -0.870. The largest absolute Gasteiger partial charge is 0.481 e. The van der Waals surface area contributed by atoms with E-state index in [1.807, 2.05) is 20.8 Å². The lowest BCUT2D eigenvalue weighted by molar-refractivity contribution is -0.141. The van der Waals surface area contributed by atoms with Crippen molar-refractivity contribution in [3.05, 3.63) is 0 Å². The molecule has 6 heteroatoms. The number of carboxylic acids is 1. The molecule has 6 nitrogen and oxygen atoms in total. The Hall–Kier alpha value is -1.30. The van der Waals surface area contributed by atoms with Crippen LogP contribution in [0.2, 0.25) is 0 Å². The maximum Gasteiger partial charge on any atom is 0.315 e. The molecule has 0 radical (unpaired) electrons. The van der Waals surface area contributed by atoms with E-state index in [9.17, 15) is 9.59 Å². The summed E-state index contributed by atoms with van der Waals surface area (Å²) in [6.45, 7) is 6.57. The molecule has 0 aromatic carbocycles. The van der Waals surface area contributed by atoms with Gasteiger partial charge in [-0.05, 0) is 26.7 Å². The summed E-state index contributed by atoms with van der Waals surface area (Å²) in [6.07, 6.45) is 2.07. The molecule has 1 heterocycles. The smallest absolute Gasteiger partial charge is 0.315 e. The quantitative estimate of drug-likeness (QED) is 0.681. The number of amides is 2. The van der Waals surface area contributed by atoms with Crippen LogP contribution in [0, 0.1) is 5.92 Å². The molecule has 2 amide bonds. The second-order valence-electron chi connectivity index (χ2n) is 5.34. The summed E-state index contributed by atoms with van der Waals surface area (Å²) in [5, 5.41) is 14.5. The maximum absolute atomic E-state index is 11.8. The molecule has 3 unspecified atom stereocenters. The van der Waals surface area contributed by atoms with Gasteiger partial charge in [-0.1, -0.05) is 13.3 Å². The zero-order chi connectivity index (χ0) is 14.5. The van der Waals surface area contributed by atoms with Gasteiger partial charge in [0.15, 0.2) is 0 Å². The summed E-state index contributed by atoms with van der Waals surface area (Å²) < 4.78 is 5.44. The fourth-order valence-corrected chi connectivity index (χ4v) is 2.18. The minimum absolute atomic E-state index is 0.0378. The molecular weight excluding hydrogens is 248 g/mol. The zero-order valence-corrected chi connectivity index (χ0v) is 11.9. The zero-order valence-electron chi connectivity index (χ0n) is 11.9. The molecule has 3 atom stereocenters. The van der Waals surface area contributed by atoms with Crippen molar-refractivity contribution in [1.82, 2.24) is 10.6 Å². The maximum atomic E-state index is 11.8. The van der Waals surface area contributed by atoms with E-state index in [1.54, 1.807) is 0 Å². The summed E-state index contributed by atoms with van der Waals surface area (Å²) in [5.74, 6) is -1.40. The summed E-state index contributed by atoms with van der Waals surface area (Å²) in [6, 6.07) is -0.331. The van der Waals surface area contributed by atoms with Gasteiger partial charge >= 0.3 is 12.0 Å². The van der Waals surface area contributed by atoms with E-state index >= 15 is 0 Å². The second kappa shape index (κ2) is 6.75. The normalized spacial score (nSPS) is 27.8. The van der Waals surface area contributed by atoms with Crippen LogP contribution in [0.5, 0.6) is 0 Å². The molecular formula is C13H24N2O4. The van der Waals surface area contributed by atoms with Gasteiger partial charge in [0.05, 0.1) is 17.6 Å². The average molecular weight is 272 g/mol. The van der Waals surface area contributed by atoms with Crippen LogP contribution in [0.3, 0.4) is 0 Å². The highest BCUT2D eigenvalue weighted by Crippen LogP contribution is 2.24. The van der Waals surface area contributed by atoms with E-state index < -0.39 is 11.9 Å². The lowest BCUT2D eigenvalue weighted by Crippen LogP contribution is -2.54. The SMILES string of the molecule is CCCC(CNC(=O)NC1(C)CCOC1C)C(=O)O. The van der Waals surface area contributed by atoms with Crippen LogP contribution in [0.1, 0.15) is 40.0 Å². The molecule has 0 saturated carbocycles. The molecule has 1 aliphatic rings. The van der Waals surface area contributed by atoms with Gasteiger partial charge in [-0.15, -0.1) is 0 Å². The molecule has 0 spiro atoms. The minimum Gasteiger partial charge on any atom is -0.481 e. The first-order valence-corrected chi connectivity index (χ1v) is 6.79. The lowest BCUT2D eigenvalue weighted by Gasteiger charge is -2.29.